The van der Waals surface area contributed by atoms with Crippen LogP contribution in [0.5, 0.6) is 0 Å². The van der Waals surface area contributed by atoms with E-state index in [4.69, 9.17) is 11.5 Å². The summed E-state index contributed by atoms with van der Waals surface area (Å²) in [5.41, 5.74) is 10.2. The Morgan fingerprint density at radius 1 is 1.70 bits per heavy atom. The molecule has 5 nitrogen and oxygen atoms in total. The Morgan fingerprint density at radius 3 is 2.80 bits per heavy atom. The summed E-state index contributed by atoms with van der Waals surface area (Å²) >= 11 is 0. The fourth-order valence-electron chi connectivity index (χ4n) is 0.595. The zero-order valence-electron chi connectivity index (χ0n) is 5.65. The summed E-state index contributed by atoms with van der Waals surface area (Å²) in [7, 11) is 1.80. The van der Waals surface area contributed by atoms with E-state index in [0.29, 0.717) is 5.82 Å². The van der Waals surface area contributed by atoms with E-state index in [0.717, 1.165) is 0 Å². The van der Waals surface area contributed by atoms with Gasteiger partial charge in [-0.3, -0.25) is 4.68 Å². The highest BCUT2D eigenvalue weighted by Gasteiger charge is 1.91. The van der Waals surface area contributed by atoms with Crippen LogP contribution in [0, 0.1) is 0 Å². The predicted molar refractivity (Wildman–Crippen MR) is 38.7 cm³/mol. The molecule has 0 radical (unpaired) electrons. The van der Waals surface area contributed by atoms with Crippen molar-refractivity contribution in [2.45, 2.75) is 0 Å². The Kier molecular flexibility index (Phi) is 1.57. The third-order valence-electron chi connectivity index (χ3n) is 0.943. The van der Waals surface area contributed by atoms with Crippen molar-refractivity contribution >= 4 is 11.8 Å². The molecule has 1 aromatic heterocycles. The summed E-state index contributed by atoms with van der Waals surface area (Å²) in [5.74, 6) is 0.557. The van der Waals surface area contributed by atoms with Gasteiger partial charge in [-0.2, -0.15) is 10.1 Å². The second-order valence-electron chi connectivity index (χ2n) is 1.88. The maximum atomic E-state index is 5.11. The molecule has 54 valence electrons. The van der Waals surface area contributed by atoms with Gasteiger partial charge in [0.1, 0.15) is 0 Å². The van der Waals surface area contributed by atoms with Crippen molar-refractivity contribution in [3.63, 3.8) is 0 Å². The average molecular weight is 139 g/mol. The maximum Gasteiger partial charge on any atom is 0.192 e. The molecule has 0 aromatic carbocycles. The molecule has 5 heteroatoms. The van der Waals surface area contributed by atoms with Gasteiger partial charge in [0.05, 0.1) is 0 Å². The molecule has 1 heterocycles. The first-order valence-corrected chi connectivity index (χ1v) is 2.78. The minimum atomic E-state index is 0.0266. The second-order valence-corrected chi connectivity index (χ2v) is 1.88. The van der Waals surface area contributed by atoms with Crippen LogP contribution in [0.2, 0.25) is 0 Å². The smallest absolute Gasteiger partial charge is 0.192 e. The summed E-state index contributed by atoms with van der Waals surface area (Å²) < 4.78 is 1.63. The molecule has 10 heavy (non-hydrogen) atoms. The van der Waals surface area contributed by atoms with Gasteiger partial charge in [-0.15, -0.1) is 0 Å². The van der Waals surface area contributed by atoms with Crippen molar-refractivity contribution in [3.8, 4) is 0 Å². The number of rotatable bonds is 1. The quantitative estimate of drug-likeness (QED) is 0.399. The molecule has 0 aliphatic heterocycles. The molecule has 0 saturated carbocycles. The lowest BCUT2D eigenvalue weighted by Gasteiger charge is -1.86. The Hall–Kier alpha value is -1.52. The number of nitrogens with zero attached hydrogens (tertiary/aromatic N) is 3. The van der Waals surface area contributed by atoms with Crippen LogP contribution >= 0.6 is 0 Å². The predicted octanol–water partition coefficient (Wildman–Crippen LogP) is -0.675. The summed E-state index contributed by atoms with van der Waals surface area (Å²) in [6, 6.07) is 1.72. The largest absolute Gasteiger partial charge is 0.370 e. The van der Waals surface area contributed by atoms with Gasteiger partial charge in [0.2, 0.25) is 0 Å². The van der Waals surface area contributed by atoms with Crippen LogP contribution in [-0.4, -0.2) is 15.7 Å². The molecule has 0 fully saturated rings. The van der Waals surface area contributed by atoms with Gasteiger partial charge in [-0.1, -0.05) is 0 Å². The van der Waals surface area contributed by atoms with Gasteiger partial charge in [0.15, 0.2) is 11.8 Å². The number of hydrogen-bond donors (Lipinski definition) is 2. The van der Waals surface area contributed by atoms with Crippen LogP contribution in [0.15, 0.2) is 17.3 Å². The zero-order chi connectivity index (χ0) is 7.56. The molecule has 0 atom stereocenters. The summed E-state index contributed by atoms with van der Waals surface area (Å²) in [4.78, 5) is 3.72. The van der Waals surface area contributed by atoms with E-state index in [2.05, 4.69) is 10.1 Å². The normalized spacial score (nSPS) is 9.30. The molecular formula is C5H9N5. The van der Waals surface area contributed by atoms with Gasteiger partial charge in [-0.05, 0) is 0 Å². The number of hydrogen-bond acceptors (Lipinski definition) is 2. The van der Waals surface area contributed by atoms with Crippen LogP contribution in [0.1, 0.15) is 0 Å². The third kappa shape index (κ3) is 1.48. The zero-order valence-corrected chi connectivity index (χ0v) is 5.65. The van der Waals surface area contributed by atoms with E-state index in [1.807, 2.05) is 0 Å². The van der Waals surface area contributed by atoms with Crippen molar-refractivity contribution in [2.75, 3.05) is 0 Å². The first kappa shape index (κ1) is 6.60. The molecular weight excluding hydrogens is 130 g/mol. The summed E-state index contributed by atoms with van der Waals surface area (Å²) in [5, 5.41) is 3.92. The van der Waals surface area contributed by atoms with Crippen molar-refractivity contribution < 1.29 is 0 Å². The fraction of sp³-hybridized carbons (Fsp3) is 0.200. The fourth-order valence-corrected chi connectivity index (χ4v) is 0.595. The molecule has 0 aliphatic carbocycles. The molecule has 4 N–H and O–H groups in total. The molecule has 0 spiro atoms. The Balaban J connectivity index is 2.86. The average Bonchev–Trinajstić information content (AvgIpc) is 2.13. The topological polar surface area (TPSA) is 82.2 Å². The summed E-state index contributed by atoms with van der Waals surface area (Å²) in [6.07, 6.45) is 1.77. The SMILES string of the molecule is Cn1ccc(N=C(N)N)n1. The van der Waals surface area contributed by atoms with Gasteiger partial charge in [0, 0.05) is 19.3 Å². The Bertz CT molecular complexity index is 244. The molecule has 0 aliphatic rings. The first-order chi connectivity index (χ1) is 4.68. The van der Waals surface area contributed by atoms with Gasteiger partial charge >= 0.3 is 0 Å². The summed E-state index contributed by atoms with van der Waals surface area (Å²) in [6.45, 7) is 0. The number of aryl methyl sites for hydroxylation is 1. The monoisotopic (exact) mass is 139 g/mol. The number of aromatic nitrogens is 2. The standard InChI is InChI=1S/C5H9N5/c1-10-3-2-4(9-10)8-5(6)7/h2-3H,1H3,(H4,6,7,8,9). The molecule has 0 saturated heterocycles. The maximum absolute atomic E-state index is 5.11. The van der Waals surface area contributed by atoms with Crippen LogP contribution in [-0.2, 0) is 7.05 Å². The molecule has 1 rings (SSSR count). The number of nitrogens with two attached hydrogens (primary N) is 2. The van der Waals surface area contributed by atoms with E-state index >= 15 is 0 Å². The minimum Gasteiger partial charge on any atom is -0.370 e. The molecule has 0 amide bonds. The third-order valence-corrected chi connectivity index (χ3v) is 0.943. The van der Waals surface area contributed by atoms with Crippen LogP contribution in [0.3, 0.4) is 0 Å². The lowest BCUT2D eigenvalue weighted by atomic mass is 10.6. The van der Waals surface area contributed by atoms with E-state index in [-0.39, 0.29) is 5.96 Å². The van der Waals surface area contributed by atoms with E-state index in [1.165, 1.54) is 0 Å². The second kappa shape index (κ2) is 2.38. The van der Waals surface area contributed by atoms with Gasteiger partial charge in [-0.25, -0.2) is 0 Å². The molecule has 0 unspecified atom stereocenters. The van der Waals surface area contributed by atoms with E-state index in [9.17, 15) is 0 Å². The van der Waals surface area contributed by atoms with Crippen LogP contribution in [0.25, 0.3) is 0 Å². The van der Waals surface area contributed by atoms with Crippen LogP contribution in [0.4, 0.5) is 5.82 Å². The van der Waals surface area contributed by atoms with Gasteiger partial charge < -0.3 is 11.5 Å². The minimum absolute atomic E-state index is 0.0266. The molecule has 0 bridgehead atoms. The van der Waals surface area contributed by atoms with Gasteiger partial charge in [0.25, 0.3) is 0 Å². The Morgan fingerprint density at radius 2 is 2.40 bits per heavy atom. The first-order valence-electron chi connectivity index (χ1n) is 2.78. The van der Waals surface area contributed by atoms with Crippen molar-refractivity contribution in [1.29, 1.82) is 0 Å². The van der Waals surface area contributed by atoms with Crippen molar-refractivity contribution in [3.05, 3.63) is 12.3 Å². The van der Waals surface area contributed by atoms with Crippen molar-refractivity contribution in [1.82, 2.24) is 9.78 Å². The van der Waals surface area contributed by atoms with Crippen molar-refractivity contribution in [2.24, 2.45) is 23.5 Å². The lowest BCUT2D eigenvalue weighted by molar-refractivity contribution is 0.769. The highest BCUT2D eigenvalue weighted by molar-refractivity contribution is 5.78. The number of aliphatic imine (C=N–C) groups is 1. The lowest BCUT2D eigenvalue weighted by Crippen LogP contribution is -2.21. The van der Waals surface area contributed by atoms with Crippen LogP contribution < -0.4 is 11.5 Å². The van der Waals surface area contributed by atoms with E-state index < -0.39 is 0 Å². The Labute approximate surface area is 58.3 Å². The van der Waals surface area contributed by atoms with E-state index in [1.54, 1.807) is 24.0 Å². The number of guanidine groups is 1. The highest BCUT2D eigenvalue weighted by Crippen LogP contribution is 2.03. The highest BCUT2D eigenvalue weighted by atomic mass is 15.3. The molecule has 1 aromatic rings.